The number of hydrogen-bond acceptors (Lipinski definition) is 5. The third kappa shape index (κ3) is 4.18. The number of benzene rings is 1. The van der Waals surface area contributed by atoms with Gasteiger partial charge >= 0.3 is 0 Å². The Kier molecular flexibility index (Phi) is 6.31. The fourth-order valence-electron chi connectivity index (χ4n) is 3.44. The van der Waals surface area contributed by atoms with Gasteiger partial charge in [0.2, 0.25) is 10.0 Å². The molecule has 1 aromatic carbocycles. The predicted octanol–water partition coefficient (Wildman–Crippen LogP) is 2.96. The number of nitrogens with zero attached hydrogens (tertiary/aromatic N) is 3. The summed E-state index contributed by atoms with van der Waals surface area (Å²) < 4.78 is 27.3. The number of hydrogen-bond donors (Lipinski definition) is 1. The molecule has 1 saturated heterocycles. The molecule has 0 spiro atoms. The van der Waals surface area contributed by atoms with E-state index in [2.05, 4.69) is 15.2 Å². The van der Waals surface area contributed by atoms with E-state index in [4.69, 9.17) is 0 Å². The molecule has 28 heavy (non-hydrogen) atoms. The van der Waals surface area contributed by atoms with Crippen LogP contribution in [0, 0.1) is 0 Å². The van der Waals surface area contributed by atoms with Crippen molar-refractivity contribution in [3.05, 3.63) is 48.3 Å². The van der Waals surface area contributed by atoms with Crippen LogP contribution in [0.2, 0.25) is 0 Å². The highest BCUT2D eigenvalue weighted by molar-refractivity contribution is 7.89. The molecule has 1 aliphatic rings. The zero-order valence-corrected chi connectivity index (χ0v) is 17.1. The fourth-order valence-corrected chi connectivity index (χ4v) is 4.92. The predicted molar refractivity (Wildman–Crippen MR) is 110 cm³/mol. The molecular weight excluding hydrogens is 376 g/mol. The van der Waals surface area contributed by atoms with Crippen LogP contribution in [0.25, 0.3) is 0 Å². The first kappa shape index (κ1) is 20.3. The maximum absolute atomic E-state index is 13.0. The Labute approximate surface area is 166 Å². The van der Waals surface area contributed by atoms with Gasteiger partial charge in [-0.3, -0.25) is 9.78 Å². The normalized spacial score (nSPS) is 14.5. The second-order valence-electron chi connectivity index (χ2n) is 6.66. The highest BCUT2D eigenvalue weighted by Gasteiger charge is 2.26. The van der Waals surface area contributed by atoms with Crippen molar-refractivity contribution in [3.63, 3.8) is 0 Å². The van der Waals surface area contributed by atoms with Gasteiger partial charge in [-0.15, -0.1) is 0 Å². The van der Waals surface area contributed by atoms with Crippen molar-refractivity contribution in [3.8, 4) is 0 Å². The number of anilines is 2. The lowest BCUT2D eigenvalue weighted by molar-refractivity contribution is 0.102. The van der Waals surface area contributed by atoms with Crippen LogP contribution in [0.4, 0.5) is 11.4 Å². The van der Waals surface area contributed by atoms with Crippen LogP contribution < -0.4 is 10.2 Å². The minimum Gasteiger partial charge on any atom is -0.371 e. The standard InChI is InChI=1S/C20H26N4O3S/c1-3-24(4-2)28(26,27)17-9-10-19(23-12-5-6-13-23)18(14-17)20(25)22-16-8-7-11-21-15-16/h7-11,14-15H,3-6,12-13H2,1-2H3,(H,22,25). The van der Waals surface area contributed by atoms with Gasteiger partial charge in [-0.1, -0.05) is 13.8 Å². The Morgan fingerprint density at radius 2 is 1.89 bits per heavy atom. The van der Waals surface area contributed by atoms with E-state index in [-0.39, 0.29) is 10.8 Å². The Bertz CT molecular complexity index is 922. The molecule has 1 aromatic heterocycles. The third-order valence-electron chi connectivity index (χ3n) is 4.92. The molecule has 1 fully saturated rings. The first-order valence-electron chi connectivity index (χ1n) is 9.58. The number of pyridine rings is 1. The molecule has 2 heterocycles. The Morgan fingerprint density at radius 3 is 2.50 bits per heavy atom. The number of carbonyl (C=O) groups excluding carboxylic acids is 1. The summed E-state index contributed by atoms with van der Waals surface area (Å²) in [6.07, 6.45) is 5.30. The number of rotatable bonds is 7. The van der Waals surface area contributed by atoms with Gasteiger partial charge in [-0.05, 0) is 43.2 Å². The zero-order chi connectivity index (χ0) is 20.1. The SMILES string of the molecule is CCN(CC)S(=O)(=O)c1ccc(N2CCCC2)c(C(=O)Nc2cccnc2)c1. The van der Waals surface area contributed by atoms with E-state index >= 15 is 0 Å². The van der Waals surface area contributed by atoms with Gasteiger partial charge in [0.25, 0.3) is 5.91 Å². The summed E-state index contributed by atoms with van der Waals surface area (Å²) in [5.41, 5.74) is 1.69. The minimum absolute atomic E-state index is 0.135. The highest BCUT2D eigenvalue weighted by atomic mass is 32.2. The van der Waals surface area contributed by atoms with Gasteiger partial charge in [0.15, 0.2) is 0 Å². The number of nitrogens with one attached hydrogen (secondary N) is 1. The minimum atomic E-state index is -3.65. The molecule has 1 aliphatic heterocycles. The summed E-state index contributed by atoms with van der Waals surface area (Å²) in [7, 11) is -3.65. The fraction of sp³-hybridized carbons (Fsp3) is 0.400. The Balaban J connectivity index is 2.02. The van der Waals surface area contributed by atoms with Crippen molar-refractivity contribution in [1.29, 1.82) is 0 Å². The van der Waals surface area contributed by atoms with Crippen LogP contribution in [0.1, 0.15) is 37.0 Å². The Morgan fingerprint density at radius 1 is 1.18 bits per heavy atom. The Hall–Kier alpha value is -2.45. The average Bonchev–Trinajstić information content (AvgIpc) is 3.23. The van der Waals surface area contributed by atoms with Crippen molar-refractivity contribution in [2.45, 2.75) is 31.6 Å². The van der Waals surface area contributed by atoms with Crippen LogP contribution in [0.5, 0.6) is 0 Å². The largest absolute Gasteiger partial charge is 0.371 e. The molecule has 3 rings (SSSR count). The van der Waals surface area contributed by atoms with Gasteiger partial charge in [-0.2, -0.15) is 4.31 Å². The number of amides is 1. The van der Waals surface area contributed by atoms with E-state index in [1.54, 1.807) is 50.5 Å². The van der Waals surface area contributed by atoms with E-state index in [9.17, 15) is 13.2 Å². The lowest BCUT2D eigenvalue weighted by atomic mass is 10.1. The molecule has 1 N–H and O–H groups in total. The van der Waals surface area contributed by atoms with Crippen LogP contribution in [0.3, 0.4) is 0 Å². The number of carbonyl (C=O) groups is 1. The molecule has 0 unspecified atom stereocenters. The lowest BCUT2D eigenvalue weighted by Gasteiger charge is -2.23. The van der Waals surface area contributed by atoms with Gasteiger partial charge in [-0.25, -0.2) is 8.42 Å². The van der Waals surface area contributed by atoms with E-state index in [1.165, 1.54) is 10.4 Å². The zero-order valence-electron chi connectivity index (χ0n) is 16.3. The van der Waals surface area contributed by atoms with E-state index in [1.807, 2.05) is 0 Å². The third-order valence-corrected chi connectivity index (χ3v) is 6.97. The molecule has 0 atom stereocenters. The molecule has 0 saturated carbocycles. The average molecular weight is 403 g/mol. The monoisotopic (exact) mass is 402 g/mol. The molecule has 2 aromatic rings. The van der Waals surface area contributed by atoms with Gasteiger partial charge in [0.05, 0.1) is 22.3 Å². The molecule has 0 bridgehead atoms. The highest BCUT2D eigenvalue weighted by Crippen LogP contribution is 2.29. The van der Waals surface area contributed by atoms with E-state index in [0.29, 0.717) is 24.3 Å². The molecule has 150 valence electrons. The summed E-state index contributed by atoms with van der Waals surface area (Å²) in [6, 6.07) is 8.32. The van der Waals surface area contributed by atoms with E-state index in [0.717, 1.165) is 31.6 Å². The molecule has 0 radical (unpaired) electrons. The maximum atomic E-state index is 13.0. The van der Waals surface area contributed by atoms with Crippen molar-refractivity contribution >= 4 is 27.3 Å². The van der Waals surface area contributed by atoms with Gasteiger partial charge in [0, 0.05) is 38.1 Å². The molecular formula is C20H26N4O3S. The second-order valence-corrected chi connectivity index (χ2v) is 8.60. The molecule has 8 heteroatoms. The van der Waals surface area contributed by atoms with Crippen molar-refractivity contribution in [2.75, 3.05) is 36.4 Å². The van der Waals surface area contributed by atoms with Crippen LogP contribution in [-0.4, -0.2) is 49.8 Å². The summed E-state index contributed by atoms with van der Waals surface area (Å²) in [4.78, 5) is 19.3. The summed E-state index contributed by atoms with van der Waals surface area (Å²) in [5, 5.41) is 2.82. The quantitative estimate of drug-likeness (QED) is 0.770. The molecule has 0 aliphatic carbocycles. The smallest absolute Gasteiger partial charge is 0.257 e. The van der Waals surface area contributed by atoms with Crippen molar-refractivity contribution < 1.29 is 13.2 Å². The topological polar surface area (TPSA) is 82.6 Å². The van der Waals surface area contributed by atoms with E-state index < -0.39 is 10.0 Å². The van der Waals surface area contributed by atoms with Crippen LogP contribution in [-0.2, 0) is 10.0 Å². The summed E-state index contributed by atoms with van der Waals surface area (Å²) in [6.45, 7) is 6.07. The molecule has 1 amide bonds. The first-order valence-corrected chi connectivity index (χ1v) is 11.0. The van der Waals surface area contributed by atoms with Crippen molar-refractivity contribution in [1.82, 2.24) is 9.29 Å². The van der Waals surface area contributed by atoms with Gasteiger partial charge < -0.3 is 10.2 Å². The molecule has 7 nitrogen and oxygen atoms in total. The van der Waals surface area contributed by atoms with Gasteiger partial charge in [0.1, 0.15) is 0 Å². The number of sulfonamides is 1. The summed E-state index contributed by atoms with van der Waals surface area (Å²) in [5.74, 6) is -0.341. The van der Waals surface area contributed by atoms with Crippen molar-refractivity contribution in [2.24, 2.45) is 0 Å². The first-order chi connectivity index (χ1) is 13.5. The summed E-state index contributed by atoms with van der Waals surface area (Å²) >= 11 is 0. The maximum Gasteiger partial charge on any atom is 0.257 e. The van der Waals surface area contributed by atoms with Crippen LogP contribution >= 0.6 is 0 Å². The number of aromatic nitrogens is 1. The second kappa shape index (κ2) is 8.70. The van der Waals surface area contributed by atoms with Crippen LogP contribution in [0.15, 0.2) is 47.6 Å². The lowest BCUT2D eigenvalue weighted by Crippen LogP contribution is -2.31.